The summed E-state index contributed by atoms with van der Waals surface area (Å²) in [4.78, 5) is 0. The van der Waals surface area contributed by atoms with E-state index in [1.54, 1.807) is 0 Å². The van der Waals surface area contributed by atoms with Crippen LogP contribution in [0.4, 0.5) is 0 Å². The van der Waals surface area contributed by atoms with Crippen molar-refractivity contribution < 1.29 is 13.6 Å². The van der Waals surface area contributed by atoms with Crippen LogP contribution in [-0.4, -0.2) is 12.7 Å². The zero-order valence-electron chi connectivity index (χ0n) is 10.2. The molecule has 0 amide bonds. The van der Waals surface area contributed by atoms with E-state index in [1.807, 2.05) is 13.8 Å². The van der Waals surface area contributed by atoms with E-state index < -0.39 is 8.25 Å². The van der Waals surface area contributed by atoms with Crippen LogP contribution in [0.25, 0.3) is 0 Å². The van der Waals surface area contributed by atoms with Gasteiger partial charge in [-0.15, -0.1) is 9.05 Å². The molecule has 0 heterocycles. The highest BCUT2D eigenvalue weighted by Gasteiger charge is 2.21. The van der Waals surface area contributed by atoms with Gasteiger partial charge in [-0.2, -0.15) is 0 Å². The summed E-state index contributed by atoms with van der Waals surface area (Å²) >= 11 is 0. The van der Waals surface area contributed by atoms with E-state index in [0.717, 1.165) is 12.8 Å². The van der Waals surface area contributed by atoms with Gasteiger partial charge in [0.1, 0.15) is 12.7 Å². The second-order valence-corrected chi connectivity index (χ2v) is 4.89. The lowest BCUT2D eigenvalue weighted by molar-refractivity contribution is 0.185. The molecular weight excluding hydrogens is 211 g/mol. The molecule has 0 saturated heterocycles. The fraction of sp³-hybridized carbons (Fsp3) is 1.00. The molecule has 0 aliphatic heterocycles. The highest BCUT2D eigenvalue weighted by Crippen LogP contribution is 2.26. The molecule has 3 nitrogen and oxygen atoms in total. The van der Waals surface area contributed by atoms with Crippen molar-refractivity contribution >= 4 is 8.25 Å². The van der Waals surface area contributed by atoms with Gasteiger partial charge in [0.05, 0.1) is 0 Å². The number of unbranched alkanes of at least 4 members (excludes halogenated alkanes) is 5. The largest absolute Gasteiger partial charge is 0.697 e. The maximum Gasteiger partial charge on any atom is 0.697 e. The monoisotopic (exact) mass is 235 g/mol. The van der Waals surface area contributed by atoms with Crippen molar-refractivity contribution in [1.82, 2.24) is 0 Å². The third-order valence-corrected chi connectivity index (χ3v) is 2.98. The molecule has 4 heteroatoms. The van der Waals surface area contributed by atoms with Gasteiger partial charge in [0.2, 0.25) is 0 Å². The Morgan fingerprint density at radius 2 is 1.67 bits per heavy atom. The van der Waals surface area contributed by atoms with Gasteiger partial charge in [-0.25, -0.2) is 0 Å². The minimum absolute atomic E-state index is 0.0295. The first kappa shape index (κ1) is 15.0. The van der Waals surface area contributed by atoms with Crippen molar-refractivity contribution in [2.75, 3.05) is 6.61 Å². The molecule has 90 valence electrons. The van der Waals surface area contributed by atoms with E-state index in [4.69, 9.17) is 9.05 Å². The molecule has 0 aromatic rings. The molecule has 1 unspecified atom stereocenters. The van der Waals surface area contributed by atoms with E-state index in [1.165, 1.54) is 25.7 Å². The third-order valence-electron chi connectivity index (χ3n) is 1.99. The van der Waals surface area contributed by atoms with Gasteiger partial charge in [-0.1, -0.05) is 39.0 Å². The Bertz CT molecular complexity index is 160. The lowest BCUT2D eigenvalue weighted by atomic mass is 10.1. The molecule has 0 bridgehead atoms. The van der Waals surface area contributed by atoms with E-state index in [2.05, 4.69) is 6.92 Å². The fourth-order valence-electron chi connectivity index (χ4n) is 1.22. The maximum absolute atomic E-state index is 11.1. The molecule has 0 spiro atoms. The zero-order valence-corrected chi connectivity index (χ0v) is 11.1. The van der Waals surface area contributed by atoms with E-state index >= 15 is 0 Å². The molecule has 0 radical (unpaired) electrons. The summed E-state index contributed by atoms with van der Waals surface area (Å²) in [6.45, 7) is 6.45. The Morgan fingerprint density at radius 3 is 2.27 bits per heavy atom. The SMILES string of the molecule is CCCCCCCCO[P+](=O)OC(C)C. The molecule has 0 fully saturated rings. The molecular formula is C11H24O3P+. The van der Waals surface area contributed by atoms with Gasteiger partial charge in [-0.3, -0.25) is 0 Å². The quantitative estimate of drug-likeness (QED) is 0.414. The van der Waals surface area contributed by atoms with Gasteiger partial charge in [-0.05, 0) is 20.3 Å². The first-order chi connectivity index (χ1) is 7.16. The molecule has 0 N–H and O–H groups in total. The molecule has 15 heavy (non-hydrogen) atoms. The van der Waals surface area contributed by atoms with Gasteiger partial charge in [0.25, 0.3) is 0 Å². The lowest BCUT2D eigenvalue weighted by Crippen LogP contribution is -1.97. The molecule has 0 aromatic carbocycles. The number of rotatable bonds is 10. The minimum Gasteiger partial charge on any atom is -0.119 e. The van der Waals surface area contributed by atoms with Crippen molar-refractivity contribution in [3.8, 4) is 0 Å². The summed E-state index contributed by atoms with van der Waals surface area (Å²) < 4.78 is 21.1. The predicted molar refractivity (Wildman–Crippen MR) is 63.2 cm³/mol. The molecule has 1 atom stereocenters. The molecule has 0 aliphatic carbocycles. The Kier molecular flexibility index (Phi) is 10.5. The average molecular weight is 235 g/mol. The Balaban J connectivity index is 3.13. The van der Waals surface area contributed by atoms with Crippen LogP contribution in [0.15, 0.2) is 0 Å². The number of hydrogen-bond acceptors (Lipinski definition) is 3. The van der Waals surface area contributed by atoms with Crippen LogP contribution >= 0.6 is 8.25 Å². The summed E-state index contributed by atoms with van der Waals surface area (Å²) in [6.07, 6.45) is 7.23. The lowest BCUT2D eigenvalue weighted by Gasteiger charge is -1.97. The molecule has 0 saturated carbocycles. The van der Waals surface area contributed by atoms with Crippen LogP contribution in [0, 0.1) is 0 Å². The summed E-state index contributed by atoms with van der Waals surface area (Å²) in [7, 11) is -1.90. The highest BCUT2D eigenvalue weighted by atomic mass is 31.1. The topological polar surface area (TPSA) is 35.5 Å². The average Bonchev–Trinajstić information content (AvgIpc) is 2.15. The smallest absolute Gasteiger partial charge is 0.119 e. The summed E-state index contributed by atoms with van der Waals surface area (Å²) in [5.41, 5.74) is 0. The van der Waals surface area contributed by atoms with E-state index in [0.29, 0.717) is 6.61 Å². The fourth-order valence-corrected chi connectivity index (χ4v) is 1.91. The molecule has 0 aromatic heterocycles. The van der Waals surface area contributed by atoms with Gasteiger partial charge < -0.3 is 0 Å². The van der Waals surface area contributed by atoms with Crippen molar-refractivity contribution in [1.29, 1.82) is 0 Å². The Hall–Kier alpha value is 0.0200. The number of hydrogen-bond donors (Lipinski definition) is 0. The van der Waals surface area contributed by atoms with Crippen LogP contribution in [0.3, 0.4) is 0 Å². The summed E-state index contributed by atoms with van der Waals surface area (Å²) in [5, 5.41) is 0. The first-order valence-electron chi connectivity index (χ1n) is 5.93. The van der Waals surface area contributed by atoms with Crippen LogP contribution in [-0.2, 0) is 13.6 Å². The Labute approximate surface area is 94.5 Å². The first-order valence-corrected chi connectivity index (χ1v) is 7.03. The van der Waals surface area contributed by atoms with E-state index in [-0.39, 0.29) is 6.10 Å². The van der Waals surface area contributed by atoms with Crippen molar-refractivity contribution in [3.05, 3.63) is 0 Å². The van der Waals surface area contributed by atoms with Gasteiger partial charge >= 0.3 is 8.25 Å². The second kappa shape index (κ2) is 10.5. The summed E-state index contributed by atoms with van der Waals surface area (Å²) in [6, 6.07) is 0. The molecule has 0 rings (SSSR count). The van der Waals surface area contributed by atoms with Crippen LogP contribution in [0.2, 0.25) is 0 Å². The van der Waals surface area contributed by atoms with Crippen molar-refractivity contribution in [2.45, 2.75) is 65.4 Å². The normalized spacial score (nSPS) is 12.1. The van der Waals surface area contributed by atoms with Gasteiger partial charge in [0, 0.05) is 4.57 Å². The second-order valence-electron chi connectivity index (χ2n) is 3.98. The van der Waals surface area contributed by atoms with E-state index in [9.17, 15) is 4.57 Å². The minimum atomic E-state index is -1.90. The standard InChI is InChI=1S/C11H24O3P/c1-4-5-6-7-8-9-10-13-15(12)14-11(2)3/h11H,4-10H2,1-3H3/q+1. The van der Waals surface area contributed by atoms with Crippen molar-refractivity contribution in [2.24, 2.45) is 0 Å². The highest BCUT2D eigenvalue weighted by molar-refractivity contribution is 7.33. The van der Waals surface area contributed by atoms with Crippen molar-refractivity contribution in [3.63, 3.8) is 0 Å². The summed E-state index contributed by atoms with van der Waals surface area (Å²) in [5.74, 6) is 0. The maximum atomic E-state index is 11.1. The molecule has 0 aliphatic rings. The van der Waals surface area contributed by atoms with Crippen LogP contribution in [0.5, 0.6) is 0 Å². The van der Waals surface area contributed by atoms with Gasteiger partial charge in [0.15, 0.2) is 0 Å². The van der Waals surface area contributed by atoms with Crippen LogP contribution in [0.1, 0.15) is 59.3 Å². The third kappa shape index (κ3) is 11.9. The predicted octanol–water partition coefficient (Wildman–Crippen LogP) is 4.45. The zero-order chi connectivity index (χ0) is 11.5. The Morgan fingerprint density at radius 1 is 1.07 bits per heavy atom. The van der Waals surface area contributed by atoms with Crippen LogP contribution < -0.4 is 0 Å².